The van der Waals surface area contributed by atoms with E-state index in [4.69, 9.17) is 13.6 Å². The minimum Gasteiger partial charge on any atom is -0.460 e. The molecule has 0 spiro atoms. The Bertz CT molecular complexity index is 825. The Balaban J connectivity index is 2.28. The molecule has 2 heterocycles. The van der Waals surface area contributed by atoms with Gasteiger partial charge in [-0.2, -0.15) is 0 Å². The molecule has 3 rings (SSSR count). The highest BCUT2D eigenvalue weighted by Crippen LogP contribution is 2.22. The van der Waals surface area contributed by atoms with E-state index in [9.17, 15) is 9.59 Å². The van der Waals surface area contributed by atoms with E-state index >= 15 is 0 Å². The van der Waals surface area contributed by atoms with Crippen LogP contribution in [0.25, 0.3) is 22.1 Å². The van der Waals surface area contributed by atoms with Crippen LogP contribution in [0.1, 0.15) is 17.5 Å². The monoisotopic (exact) mass is 258 g/mol. The van der Waals surface area contributed by atoms with Crippen LogP contribution in [0.2, 0.25) is 0 Å². The molecule has 0 atom stereocenters. The van der Waals surface area contributed by atoms with Gasteiger partial charge in [0, 0.05) is 6.07 Å². The maximum absolute atomic E-state index is 12.2. The summed E-state index contributed by atoms with van der Waals surface area (Å²) in [5.41, 5.74) is 0.195. The van der Waals surface area contributed by atoms with Crippen molar-refractivity contribution < 1.29 is 18.4 Å². The summed E-state index contributed by atoms with van der Waals surface area (Å²) in [6, 6.07) is 8.19. The van der Waals surface area contributed by atoms with Gasteiger partial charge < -0.3 is 13.6 Å². The molecule has 5 nitrogen and oxygen atoms in total. The highest BCUT2D eigenvalue weighted by molar-refractivity contribution is 5.94. The van der Waals surface area contributed by atoms with Crippen LogP contribution in [0.3, 0.4) is 0 Å². The lowest BCUT2D eigenvalue weighted by Gasteiger charge is -1.95. The third-order valence-corrected chi connectivity index (χ3v) is 2.75. The Labute approximate surface area is 107 Å². The smallest absolute Gasteiger partial charge is 0.374 e. The molecule has 3 aromatic rings. The summed E-state index contributed by atoms with van der Waals surface area (Å²) in [6.07, 6.45) is 0. The fraction of sp³-hybridized carbons (Fsp3) is 0.143. The second-order valence-corrected chi connectivity index (χ2v) is 3.96. The third-order valence-electron chi connectivity index (χ3n) is 2.75. The van der Waals surface area contributed by atoms with Gasteiger partial charge in [0.25, 0.3) is 0 Å². The van der Waals surface area contributed by atoms with Gasteiger partial charge in [0.15, 0.2) is 0 Å². The molecular formula is C14H10O5. The van der Waals surface area contributed by atoms with Crippen molar-refractivity contribution in [1.82, 2.24) is 0 Å². The highest BCUT2D eigenvalue weighted by atomic mass is 16.6. The summed E-state index contributed by atoms with van der Waals surface area (Å²) >= 11 is 0. The zero-order valence-corrected chi connectivity index (χ0v) is 10.1. The predicted octanol–water partition coefficient (Wildman–Crippen LogP) is 2.72. The maximum atomic E-state index is 12.2. The molecule has 2 aromatic heterocycles. The molecule has 0 unspecified atom stereocenters. The van der Waals surface area contributed by atoms with E-state index < -0.39 is 5.97 Å². The molecule has 0 aliphatic rings. The number of hydrogen-bond acceptors (Lipinski definition) is 5. The number of benzene rings is 1. The minimum absolute atomic E-state index is 0.0340. The largest absolute Gasteiger partial charge is 0.460 e. The molecule has 0 saturated carbocycles. The lowest BCUT2D eigenvalue weighted by molar-refractivity contribution is 0.0490. The first-order valence-corrected chi connectivity index (χ1v) is 5.83. The molecular weight excluding hydrogens is 248 g/mol. The van der Waals surface area contributed by atoms with Crippen molar-refractivity contribution in [3.8, 4) is 0 Å². The molecule has 0 saturated heterocycles. The Morgan fingerprint density at radius 1 is 1.21 bits per heavy atom. The van der Waals surface area contributed by atoms with Crippen molar-refractivity contribution in [2.24, 2.45) is 0 Å². The number of ether oxygens (including phenoxy) is 1. The summed E-state index contributed by atoms with van der Waals surface area (Å²) in [6.45, 7) is 1.93. The first-order valence-electron chi connectivity index (χ1n) is 5.83. The molecule has 19 heavy (non-hydrogen) atoms. The van der Waals surface area contributed by atoms with Crippen LogP contribution in [0.5, 0.6) is 0 Å². The van der Waals surface area contributed by atoms with E-state index in [0.717, 1.165) is 0 Å². The molecule has 5 heteroatoms. The van der Waals surface area contributed by atoms with Crippen LogP contribution in [-0.2, 0) is 4.74 Å². The first-order chi connectivity index (χ1) is 9.20. The van der Waals surface area contributed by atoms with Gasteiger partial charge in [-0.25, -0.2) is 4.79 Å². The van der Waals surface area contributed by atoms with Crippen molar-refractivity contribution in [3.05, 3.63) is 46.3 Å². The van der Waals surface area contributed by atoms with Gasteiger partial charge in [-0.1, -0.05) is 12.1 Å². The molecule has 0 aliphatic heterocycles. The van der Waals surface area contributed by atoms with E-state index in [1.807, 2.05) is 0 Å². The van der Waals surface area contributed by atoms with Gasteiger partial charge in [-0.05, 0) is 19.1 Å². The van der Waals surface area contributed by atoms with Gasteiger partial charge in [0.05, 0.1) is 12.0 Å². The lowest BCUT2D eigenvalue weighted by atomic mass is 10.2. The number of carbonyl (C=O) groups excluding carboxylic acids is 1. The number of furan rings is 1. The number of fused-ring (bicyclic) bond motifs is 2. The van der Waals surface area contributed by atoms with Gasteiger partial charge in [-0.3, -0.25) is 4.79 Å². The second kappa shape index (κ2) is 4.28. The standard InChI is InChI=1S/C14H10O5/c1-2-17-13(16)11-7-9-12(15)8-5-3-4-6-10(8)18-14(9)19-11/h3-7H,2H2,1H3. The number of rotatable bonds is 2. The minimum atomic E-state index is -0.614. The summed E-state index contributed by atoms with van der Waals surface area (Å²) in [5, 5.41) is 0.688. The van der Waals surface area contributed by atoms with Crippen molar-refractivity contribution in [3.63, 3.8) is 0 Å². The SMILES string of the molecule is CCOC(=O)c1cc2c(=O)c3ccccc3oc2o1. The third kappa shape index (κ3) is 1.79. The Morgan fingerprint density at radius 2 is 2.00 bits per heavy atom. The summed E-state index contributed by atoms with van der Waals surface area (Å²) < 4.78 is 15.5. The van der Waals surface area contributed by atoms with Crippen molar-refractivity contribution in [2.45, 2.75) is 6.92 Å². The van der Waals surface area contributed by atoms with E-state index in [2.05, 4.69) is 0 Å². The topological polar surface area (TPSA) is 69.7 Å². The molecule has 0 N–H and O–H groups in total. The van der Waals surface area contributed by atoms with Crippen LogP contribution in [0.15, 0.2) is 44.0 Å². The molecule has 1 aromatic carbocycles. The second-order valence-electron chi connectivity index (χ2n) is 3.96. The van der Waals surface area contributed by atoms with Crippen LogP contribution in [0.4, 0.5) is 0 Å². The Morgan fingerprint density at radius 3 is 2.79 bits per heavy atom. The summed E-state index contributed by atoms with van der Waals surface area (Å²) in [5.74, 6) is -0.614. The van der Waals surface area contributed by atoms with Gasteiger partial charge in [0.1, 0.15) is 11.0 Å². The van der Waals surface area contributed by atoms with Crippen molar-refractivity contribution in [2.75, 3.05) is 6.61 Å². The summed E-state index contributed by atoms with van der Waals surface area (Å²) in [4.78, 5) is 23.8. The van der Waals surface area contributed by atoms with E-state index in [1.54, 1.807) is 31.2 Å². The van der Waals surface area contributed by atoms with Crippen molar-refractivity contribution in [1.29, 1.82) is 0 Å². The number of esters is 1. The van der Waals surface area contributed by atoms with Gasteiger partial charge in [-0.15, -0.1) is 0 Å². The molecule has 0 amide bonds. The van der Waals surface area contributed by atoms with E-state index in [-0.39, 0.29) is 29.0 Å². The quantitative estimate of drug-likeness (QED) is 0.661. The lowest BCUT2D eigenvalue weighted by Crippen LogP contribution is -2.03. The first kappa shape index (κ1) is 11.5. The number of carbonyl (C=O) groups is 1. The highest BCUT2D eigenvalue weighted by Gasteiger charge is 2.18. The van der Waals surface area contributed by atoms with Crippen molar-refractivity contribution >= 4 is 28.1 Å². The maximum Gasteiger partial charge on any atom is 0.374 e. The van der Waals surface area contributed by atoms with Crippen LogP contribution in [-0.4, -0.2) is 12.6 Å². The average molecular weight is 258 g/mol. The number of para-hydroxylation sites is 1. The summed E-state index contributed by atoms with van der Waals surface area (Å²) in [7, 11) is 0. The molecule has 0 fully saturated rings. The van der Waals surface area contributed by atoms with Crippen LogP contribution < -0.4 is 5.43 Å². The fourth-order valence-corrected chi connectivity index (χ4v) is 1.90. The van der Waals surface area contributed by atoms with E-state index in [1.165, 1.54) is 6.07 Å². The normalized spacial score (nSPS) is 11.0. The zero-order valence-electron chi connectivity index (χ0n) is 10.1. The van der Waals surface area contributed by atoms with Gasteiger partial charge >= 0.3 is 11.7 Å². The molecule has 0 radical (unpaired) electrons. The number of hydrogen-bond donors (Lipinski definition) is 0. The Hall–Kier alpha value is -2.56. The van der Waals surface area contributed by atoms with Crippen LogP contribution >= 0.6 is 0 Å². The zero-order chi connectivity index (χ0) is 13.4. The Kier molecular flexibility index (Phi) is 2.59. The fourth-order valence-electron chi connectivity index (χ4n) is 1.90. The molecule has 96 valence electrons. The average Bonchev–Trinajstić information content (AvgIpc) is 2.84. The van der Waals surface area contributed by atoms with Gasteiger partial charge in [0.2, 0.25) is 11.2 Å². The van der Waals surface area contributed by atoms with E-state index in [0.29, 0.717) is 11.0 Å². The van der Waals surface area contributed by atoms with Crippen LogP contribution in [0, 0.1) is 0 Å². The molecule has 0 aliphatic carbocycles. The molecule has 0 bridgehead atoms. The predicted molar refractivity (Wildman–Crippen MR) is 68.2 cm³/mol.